The second kappa shape index (κ2) is 14.1. The lowest BCUT2D eigenvalue weighted by Crippen LogP contribution is -2.48. The average Bonchev–Trinajstić information content (AvgIpc) is 2.63. The summed E-state index contributed by atoms with van der Waals surface area (Å²) in [5.74, 6) is -1.09. The van der Waals surface area contributed by atoms with E-state index in [4.69, 9.17) is 32.2 Å². The zero-order chi connectivity index (χ0) is 18.3. The van der Waals surface area contributed by atoms with Crippen molar-refractivity contribution in [1.82, 2.24) is 0 Å². The first-order chi connectivity index (χ1) is 11.6. The van der Waals surface area contributed by atoms with Gasteiger partial charge >= 0.3 is 8.80 Å². The summed E-state index contributed by atoms with van der Waals surface area (Å²) in [6, 6.07) is 0.500. The van der Waals surface area contributed by atoms with Gasteiger partial charge < -0.3 is 32.2 Å². The van der Waals surface area contributed by atoms with Gasteiger partial charge in [-0.1, -0.05) is 20.8 Å². The fourth-order valence-corrected chi connectivity index (χ4v) is 3.91. The molecule has 0 saturated carbocycles. The van der Waals surface area contributed by atoms with Crippen LogP contribution in [-0.2, 0) is 32.2 Å². The summed E-state index contributed by atoms with van der Waals surface area (Å²) in [5.41, 5.74) is 0. The van der Waals surface area contributed by atoms with Crippen LogP contribution in [0.2, 0.25) is 6.04 Å². The predicted octanol–water partition coefficient (Wildman–Crippen LogP) is 3.16. The quantitative estimate of drug-likeness (QED) is 0.289. The molecule has 0 aromatic heterocycles. The van der Waals surface area contributed by atoms with Crippen molar-refractivity contribution in [2.75, 3.05) is 47.9 Å². The van der Waals surface area contributed by atoms with Crippen LogP contribution in [0.5, 0.6) is 0 Å². The van der Waals surface area contributed by atoms with Crippen LogP contribution in [0.1, 0.15) is 46.5 Å². The van der Waals surface area contributed by atoms with Crippen LogP contribution in [0.4, 0.5) is 0 Å². The lowest BCUT2D eigenvalue weighted by Gasteiger charge is -2.35. The summed E-state index contributed by atoms with van der Waals surface area (Å²) in [5, 5.41) is 0. The van der Waals surface area contributed by atoms with Crippen LogP contribution < -0.4 is 0 Å². The van der Waals surface area contributed by atoms with Gasteiger partial charge in [-0.15, -0.1) is 0 Å². The van der Waals surface area contributed by atoms with Crippen molar-refractivity contribution >= 4 is 8.80 Å². The first kappa shape index (κ1) is 23.9. The molecule has 7 nitrogen and oxygen atoms in total. The van der Waals surface area contributed by atoms with Gasteiger partial charge in [0, 0.05) is 33.8 Å². The number of ether oxygens (including phenoxy) is 4. The Bertz CT molecular complexity index is 266. The number of rotatable bonds is 17. The van der Waals surface area contributed by atoms with Crippen molar-refractivity contribution in [3.8, 4) is 0 Å². The van der Waals surface area contributed by atoms with Crippen LogP contribution in [-0.4, -0.2) is 62.7 Å². The Morgan fingerprint density at radius 3 is 1.54 bits per heavy atom. The largest absolute Gasteiger partial charge is 0.502 e. The zero-order valence-electron chi connectivity index (χ0n) is 16.2. The molecule has 0 unspecified atom stereocenters. The third-order valence-corrected chi connectivity index (χ3v) is 6.00. The van der Waals surface area contributed by atoms with Crippen LogP contribution in [0, 0.1) is 0 Å². The van der Waals surface area contributed by atoms with E-state index in [0.717, 1.165) is 19.3 Å². The van der Waals surface area contributed by atoms with E-state index in [2.05, 4.69) is 20.8 Å². The average molecular weight is 369 g/mol. The molecule has 0 radical (unpaired) electrons. The Balaban J connectivity index is 5.07. The summed E-state index contributed by atoms with van der Waals surface area (Å²) in [6.07, 6.45) is 3.10. The van der Waals surface area contributed by atoms with E-state index in [1.165, 1.54) is 0 Å². The highest BCUT2D eigenvalue weighted by atomic mass is 28.4. The van der Waals surface area contributed by atoms with E-state index in [0.29, 0.717) is 32.3 Å². The molecule has 0 bridgehead atoms. The van der Waals surface area contributed by atoms with Crippen LogP contribution in [0.15, 0.2) is 0 Å². The van der Waals surface area contributed by atoms with Gasteiger partial charge in [0.15, 0.2) is 0 Å². The van der Waals surface area contributed by atoms with Crippen molar-refractivity contribution in [2.24, 2.45) is 0 Å². The number of hydrogen-bond acceptors (Lipinski definition) is 7. The minimum absolute atomic E-state index is 0.113. The molecule has 0 spiro atoms. The molecule has 0 N–H and O–H groups in total. The number of methoxy groups -OCH3 is 1. The molecule has 8 heteroatoms. The summed E-state index contributed by atoms with van der Waals surface area (Å²) in [7, 11) is 1.87. The highest BCUT2D eigenvalue weighted by Gasteiger charge is 2.44. The fourth-order valence-electron chi connectivity index (χ4n) is 2.05. The minimum Gasteiger partial charge on any atom is -0.377 e. The lowest BCUT2D eigenvalue weighted by atomic mass is 10.3. The fraction of sp³-hybridized carbons (Fsp3) is 1.00. The molecule has 0 atom stereocenters. The van der Waals surface area contributed by atoms with Crippen LogP contribution in [0.3, 0.4) is 0 Å². The molecule has 0 amide bonds. The SMILES string of the molecule is CCCOC(CC[Si](OC)(OC)OCOC)(OCCC)OCCC. The Morgan fingerprint density at radius 2 is 1.21 bits per heavy atom. The van der Waals surface area contributed by atoms with Crippen molar-refractivity contribution in [2.45, 2.75) is 58.5 Å². The standard InChI is InChI=1S/C16H36O7Si/c1-7-11-20-16(21-12-8-2,22-13-9-3)10-14-24(18-5,19-6)23-15-17-4/h7-15H2,1-6H3. The smallest absolute Gasteiger partial charge is 0.377 e. The summed E-state index contributed by atoms with van der Waals surface area (Å²) < 4.78 is 39.6. The van der Waals surface area contributed by atoms with Gasteiger partial charge in [0.2, 0.25) is 0 Å². The van der Waals surface area contributed by atoms with E-state index in [9.17, 15) is 0 Å². The maximum Gasteiger partial charge on any atom is 0.502 e. The van der Waals surface area contributed by atoms with Crippen molar-refractivity contribution in [3.63, 3.8) is 0 Å². The second-order valence-corrected chi connectivity index (χ2v) is 8.34. The summed E-state index contributed by atoms with van der Waals surface area (Å²) in [6.45, 7) is 7.94. The molecule has 0 aromatic rings. The predicted molar refractivity (Wildman–Crippen MR) is 93.6 cm³/mol. The van der Waals surface area contributed by atoms with Gasteiger partial charge in [-0.3, -0.25) is 0 Å². The van der Waals surface area contributed by atoms with E-state index >= 15 is 0 Å². The molecule has 0 heterocycles. The van der Waals surface area contributed by atoms with Crippen molar-refractivity contribution in [1.29, 1.82) is 0 Å². The van der Waals surface area contributed by atoms with Crippen molar-refractivity contribution in [3.05, 3.63) is 0 Å². The maximum atomic E-state index is 5.95. The molecule has 24 heavy (non-hydrogen) atoms. The van der Waals surface area contributed by atoms with E-state index in [1.54, 1.807) is 21.3 Å². The summed E-state index contributed by atoms with van der Waals surface area (Å²) in [4.78, 5) is 0. The van der Waals surface area contributed by atoms with Crippen molar-refractivity contribution < 1.29 is 32.2 Å². The maximum absolute atomic E-state index is 5.95. The highest BCUT2D eigenvalue weighted by Crippen LogP contribution is 2.28. The van der Waals surface area contributed by atoms with E-state index in [-0.39, 0.29) is 6.79 Å². The summed E-state index contributed by atoms with van der Waals surface area (Å²) >= 11 is 0. The molecular formula is C16H36O7Si. The van der Waals surface area contributed by atoms with Gasteiger partial charge in [0.05, 0.1) is 19.8 Å². The van der Waals surface area contributed by atoms with Gasteiger partial charge in [0.1, 0.15) is 6.79 Å². The molecule has 0 aliphatic carbocycles. The second-order valence-electron chi connectivity index (χ2n) is 5.37. The molecule has 146 valence electrons. The Hall–Kier alpha value is -0.0631. The van der Waals surface area contributed by atoms with E-state index in [1.807, 2.05) is 0 Å². The van der Waals surface area contributed by atoms with Crippen LogP contribution >= 0.6 is 0 Å². The first-order valence-corrected chi connectivity index (χ1v) is 10.7. The molecule has 0 saturated heterocycles. The molecule has 0 rings (SSSR count). The van der Waals surface area contributed by atoms with Gasteiger partial charge in [-0.25, -0.2) is 0 Å². The lowest BCUT2D eigenvalue weighted by molar-refractivity contribution is -0.382. The third-order valence-electron chi connectivity index (χ3n) is 3.33. The molecule has 0 aliphatic rings. The molecule has 0 fully saturated rings. The molecular weight excluding hydrogens is 332 g/mol. The molecule has 0 aliphatic heterocycles. The highest BCUT2D eigenvalue weighted by molar-refractivity contribution is 6.60. The monoisotopic (exact) mass is 368 g/mol. The Kier molecular flexibility index (Phi) is 14.1. The minimum atomic E-state index is -2.86. The Morgan fingerprint density at radius 1 is 0.750 bits per heavy atom. The normalized spacial score (nSPS) is 12.8. The zero-order valence-corrected chi connectivity index (χ0v) is 17.2. The first-order valence-electron chi connectivity index (χ1n) is 8.72. The van der Waals surface area contributed by atoms with Gasteiger partial charge in [-0.05, 0) is 19.3 Å². The Labute approximate surface area is 148 Å². The van der Waals surface area contributed by atoms with Gasteiger partial charge in [-0.2, -0.15) is 0 Å². The number of hydrogen-bond donors (Lipinski definition) is 0. The van der Waals surface area contributed by atoms with Crippen LogP contribution in [0.25, 0.3) is 0 Å². The van der Waals surface area contributed by atoms with E-state index < -0.39 is 14.8 Å². The molecule has 0 aromatic carbocycles. The topological polar surface area (TPSA) is 64.6 Å². The van der Waals surface area contributed by atoms with Gasteiger partial charge in [0.25, 0.3) is 5.97 Å². The third kappa shape index (κ3) is 8.86.